The molecule has 0 aromatic carbocycles. The Kier molecular flexibility index (Phi) is 1.58. The highest BCUT2D eigenvalue weighted by atomic mass is 16.3. The van der Waals surface area contributed by atoms with Gasteiger partial charge in [0.15, 0.2) is 0 Å². The van der Waals surface area contributed by atoms with Crippen molar-refractivity contribution in [3.8, 4) is 0 Å². The summed E-state index contributed by atoms with van der Waals surface area (Å²) in [6.45, 7) is 0.210. The zero-order chi connectivity index (χ0) is 9.05. The number of hydrogen-bond acceptors (Lipinski definition) is 2. The molecule has 2 nitrogen and oxygen atoms in total. The van der Waals surface area contributed by atoms with E-state index in [9.17, 15) is 5.11 Å². The van der Waals surface area contributed by atoms with E-state index in [4.69, 9.17) is 5.73 Å². The first kappa shape index (κ1) is 8.25. The van der Waals surface area contributed by atoms with Gasteiger partial charge >= 0.3 is 0 Å². The summed E-state index contributed by atoms with van der Waals surface area (Å²) in [5, 5.41) is 9.43. The maximum atomic E-state index is 9.43. The second-order valence-electron chi connectivity index (χ2n) is 5.57. The lowest BCUT2D eigenvalue weighted by atomic mass is 9.49. The van der Waals surface area contributed by atoms with E-state index >= 15 is 0 Å². The third-order valence-electron chi connectivity index (χ3n) is 4.93. The molecule has 0 radical (unpaired) electrons. The molecule has 0 saturated heterocycles. The molecule has 4 fully saturated rings. The first-order valence-corrected chi connectivity index (χ1v) is 5.62. The van der Waals surface area contributed by atoms with Gasteiger partial charge in [0.1, 0.15) is 0 Å². The van der Waals surface area contributed by atoms with E-state index in [1.165, 1.54) is 32.1 Å². The average Bonchev–Trinajstić information content (AvgIpc) is 2.13. The molecule has 4 rings (SSSR count). The highest BCUT2D eigenvalue weighted by Gasteiger charge is 2.54. The van der Waals surface area contributed by atoms with Crippen LogP contribution in [0.4, 0.5) is 0 Å². The van der Waals surface area contributed by atoms with Crippen LogP contribution >= 0.6 is 0 Å². The van der Waals surface area contributed by atoms with E-state index in [1.54, 1.807) is 0 Å². The van der Waals surface area contributed by atoms with Gasteiger partial charge < -0.3 is 10.8 Å². The third kappa shape index (κ3) is 0.962. The van der Waals surface area contributed by atoms with Gasteiger partial charge in [0, 0.05) is 5.54 Å². The third-order valence-corrected chi connectivity index (χ3v) is 4.93. The fraction of sp³-hybridized carbons (Fsp3) is 1.00. The fourth-order valence-corrected chi connectivity index (χ4v) is 4.32. The molecule has 0 spiro atoms. The van der Waals surface area contributed by atoms with E-state index in [2.05, 4.69) is 0 Å². The SMILES string of the molecule is NC1(CO)C2CC3CC(C2)CC1C3. The first-order valence-electron chi connectivity index (χ1n) is 5.62. The Morgan fingerprint density at radius 3 is 1.85 bits per heavy atom. The molecule has 4 saturated carbocycles. The molecule has 0 aliphatic heterocycles. The highest BCUT2D eigenvalue weighted by molar-refractivity contribution is 5.09. The molecule has 4 aliphatic carbocycles. The van der Waals surface area contributed by atoms with Gasteiger partial charge in [-0.3, -0.25) is 0 Å². The van der Waals surface area contributed by atoms with Gasteiger partial charge in [0.2, 0.25) is 0 Å². The number of rotatable bonds is 1. The predicted molar refractivity (Wildman–Crippen MR) is 51.0 cm³/mol. The van der Waals surface area contributed by atoms with Gasteiger partial charge in [0.25, 0.3) is 0 Å². The quantitative estimate of drug-likeness (QED) is 0.637. The molecule has 13 heavy (non-hydrogen) atoms. The Morgan fingerprint density at radius 1 is 1.00 bits per heavy atom. The van der Waals surface area contributed by atoms with Gasteiger partial charge in [0.05, 0.1) is 6.61 Å². The van der Waals surface area contributed by atoms with Crippen LogP contribution in [0, 0.1) is 23.7 Å². The minimum absolute atomic E-state index is 0.201. The van der Waals surface area contributed by atoms with Crippen molar-refractivity contribution < 1.29 is 5.11 Å². The molecule has 74 valence electrons. The monoisotopic (exact) mass is 181 g/mol. The number of aliphatic hydroxyl groups excluding tert-OH is 1. The van der Waals surface area contributed by atoms with Crippen molar-refractivity contribution >= 4 is 0 Å². The molecular weight excluding hydrogens is 162 g/mol. The van der Waals surface area contributed by atoms with Crippen LogP contribution in [-0.4, -0.2) is 17.3 Å². The molecule has 0 amide bonds. The van der Waals surface area contributed by atoms with E-state index in [0.29, 0.717) is 11.8 Å². The summed E-state index contributed by atoms with van der Waals surface area (Å²) in [7, 11) is 0. The lowest BCUT2D eigenvalue weighted by Gasteiger charge is -2.59. The Labute approximate surface area is 79.5 Å². The molecule has 0 aromatic heterocycles. The lowest BCUT2D eigenvalue weighted by molar-refractivity contribution is -0.0763. The van der Waals surface area contributed by atoms with Crippen LogP contribution in [0.2, 0.25) is 0 Å². The van der Waals surface area contributed by atoms with Crippen molar-refractivity contribution in [3.63, 3.8) is 0 Å². The molecule has 2 heteroatoms. The summed E-state index contributed by atoms with van der Waals surface area (Å²) in [5.74, 6) is 3.17. The first-order chi connectivity index (χ1) is 6.22. The normalized spacial score (nSPS) is 58.6. The van der Waals surface area contributed by atoms with Crippen molar-refractivity contribution in [2.75, 3.05) is 6.61 Å². The average molecular weight is 181 g/mol. The van der Waals surface area contributed by atoms with E-state index in [0.717, 1.165) is 11.8 Å². The van der Waals surface area contributed by atoms with Crippen molar-refractivity contribution in [2.45, 2.75) is 37.6 Å². The molecule has 4 aliphatic rings. The van der Waals surface area contributed by atoms with Crippen molar-refractivity contribution in [2.24, 2.45) is 29.4 Å². The summed E-state index contributed by atoms with van der Waals surface area (Å²) in [6, 6.07) is 0. The minimum Gasteiger partial charge on any atom is -0.394 e. The van der Waals surface area contributed by atoms with Crippen LogP contribution in [-0.2, 0) is 0 Å². The van der Waals surface area contributed by atoms with Gasteiger partial charge in [-0.25, -0.2) is 0 Å². The van der Waals surface area contributed by atoms with Crippen molar-refractivity contribution in [1.29, 1.82) is 0 Å². The predicted octanol–water partition coefficient (Wildman–Crippen LogP) is 1.13. The summed E-state index contributed by atoms with van der Waals surface area (Å²) in [6.07, 6.45) is 6.64. The Hall–Kier alpha value is -0.0800. The topological polar surface area (TPSA) is 46.2 Å². The van der Waals surface area contributed by atoms with E-state index < -0.39 is 0 Å². The summed E-state index contributed by atoms with van der Waals surface area (Å²) >= 11 is 0. The molecule has 0 atom stereocenters. The standard InChI is InChI=1S/C11H19NO/c12-11(6-13)9-2-7-1-8(4-9)5-10(11)3-7/h7-10,13H,1-6,12H2. The molecule has 0 unspecified atom stereocenters. The molecule has 0 aromatic rings. The van der Waals surface area contributed by atoms with E-state index in [1.807, 2.05) is 0 Å². The van der Waals surface area contributed by atoms with Gasteiger partial charge in [-0.15, -0.1) is 0 Å². The maximum Gasteiger partial charge on any atom is 0.0616 e. The molecule has 0 heterocycles. The second kappa shape index (κ2) is 2.48. The van der Waals surface area contributed by atoms with Crippen molar-refractivity contribution in [3.05, 3.63) is 0 Å². The minimum atomic E-state index is -0.201. The van der Waals surface area contributed by atoms with E-state index in [-0.39, 0.29) is 12.1 Å². The Balaban J connectivity index is 1.93. The van der Waals surface area contributed by atoms with Crippen LogP contribution < -0.4 is 5.73 Å². The number of aliphatic hydroxyl groups is 1. The van der Waals surface area contributed by atoms with Crippen LogP contribution in [0.1, 0.15) is 32.1 Å². The van der Waals surface area contributed by atoms with Gasteiger partial charge in [-0.1, -0.05) is 0 Å². The zero-order valence-corrected chi connectivity index (χ0v) is 8.08. The van der Waals surface area contributed by atoms with Crippen LogP contribution in [0.15, 0.2) is 0 Å². The molecule has 4 bridgehead atoms. The van der Waals surface area contributed by atoms with Gasteiger partial charge in [-0.05, 0) is 55.8 Å². The smallest absolute Gasteiger partial charge is 0.0616 e. The lowest BCUT2D eigenvalue weighted by Crippen LogP contribution is -2.64. The number of hydrogen-bond donors (Lipinski definition) is 2. The fourth-order valence-electron chi connectivity index (χ4n) is 4.32. The maximum absolute atomic E-state index is 9.43. The highest BCUT2D eigenvalue weighted by Crippen LogP contribution is 2.57. The summed E-state index contributed by atoms with van der Waals surface area (Å²) in [4.78, 5) is 0. The van der Waals surface area contributed by atoms with Gasteiger partial charge in [-0.2, -0.15) is 0 Å². The Morgan fingerprint density at radius 2 is 1.46 bits per heavy atom. The second-order valence-corrected chi connectivity index (χ2v) is 5.57. The zero-order valence-electron chi connectivity index (χ0n) is 8.08. The summed E-state index contributed by atoms with van der Waals surface area (Å²) in [5.41, 5.74) is 6.14. The van der Waals surface area contributed by atoms with Crippen molar-refractivity contribution in [1.82, 2.24) is 0 Å². The largest absolute Gasteiger partial charge is 0.394 e. The number of nitrogens with two attached hydrogens (primary N) is 1. The van der Waals surface area contributed by atoms with Crippen LogP contribution in [0.5, 0.6) is 0 Å². The van der Waals surface area contributed by atoms with Crippen LogP contribution in [0.3, 0.4) is 0 Å². The van der Waals surface area contributed by atoms with Crippen LogP contribution in [0.25, 0.3) is 0 Å². The molecular formula is C11H19NO. The molecule has 3 N–H and O–H groups in total. The Bertz CT molecular complexity index is 198. The summed E-state index contributed by atoms with van der Waals surface area (Å²) < 4.78 is 0.